The molecule has 0 N–H and O–H groups in total. The van der Waals surface area contributed by atoms with Crippen LogP contribution in [0.5, 0.6) is 0 Å². The summed E-state index contributed by atoms with van der Waals surface area (Å²) in [7, 11) is 1.89. The molecule has 7 heteroatoms. The van der Waals surface area contributed by atoms with Crippen molar-refractivity contribution in [2.45, 2.75) is 13.3 Å². The van der Waals surface area contributed by atoms with Gasteiger partial charge in [-0.05, 0) is 18.2 Å². The van der Waals surface area contributed by atoms with Gasteiger partial charge in [0.15, 0.2) is 5.82 Å². The number of hydrogen-bond donors (Lipinski definition) is 0. The predicted molar refractivity (Wildman–Crippen MR) is 103 cm³/mol. The van der Waals surface area contributed by atoms with Gasteiger partial charge in [0.05, 0.1) is 22.8 Å². The monoisotopic (exact) mass is 367 g/mol. The lowest BCUT2D eigenvalue weighted by Gasteiger charge is -2.35. The van der Waals surface area contributed by atoms with Gasteiger partial charge in [-0.1, -0.05) is 19.1 Å². The molecule has 27 heavy (non-hydrogen) atoms. The Hall–Kier alpha value is -2.96. The van der Waals surface area contributed by atoms with Crippen LogP contribution in [-0.2, 0) is 11.8 Å². The van der Waals surface area contributed by atoms with E-state index in [1.807, 2.05) is 47.7 Å². The molecule has 0 radical (unpaired) electrons. The number of aryl methyl sites for hydroxylation is 1. The molecule has 3 heterocycles. The van der Waals surface area contributed by atoms with Gasteiger partial charge in [-0.15, -0.1) is 0 Å². The first-order valence-corrected chi connectivity index (χ1v) is 9.18. The predicted octanol–water partition coefficient (Wildman–Crippen LogP) is 2.83. The summed E-state index contributed by atoms with van der Waals surface area (Å²) < 4.78 is 16.5. The molecular formula is C20H22FN5O. The lowest BCUT2D eigenvalue weighted by molar-refractivity contribution is -0.131. The number of hydrogen-bond acceptors (Lipinski definition) is 4. The topological polar surface area (TPSA) is 54.3 Å². The van der Waals surface area contributed by atoms with Crippen LogP contribution in [0.4, 0.5) is 10.2 Å². The minimum absolute atomic E-state index is 0.169. The molecule has 1 fully saturated rings. The third-order valence-corrected chi connectivity index (χ3v) is 5.13. The summed E-state index contributed by atoms with van der Waals surface area (Å²) in [5, 5.41) is 0. The number of fused-ring (bicyclic) bond motifs is 1. The second-order valence-electron chi connectivity index (χ2n) is 6.73. The highest BCUT2D eigenvalue weighted by atomic mass is 19.1. The maximum absolute atomic E-state index is 14.6. The minimum atomic E-state index is -0.392. The summed E-state index contributed by atoms with van der Waals surface area (Å²) in [6.07, 6.45) is 1.78. The normalized spacial score (nSPS) is 14.8. The molecule has 0 atom stereocenters. The van der Waals surface area contributed by atoms with Gasteiger partial charge in [0.1, 0.15) is 11.6 Å². The lowest BCUT2D eigenvalue weighted by Crippen LogP contribution is -2.48. The largest absolute Gasteiger partial charge is 0.353 e. The summed E-state index contributed by atoms with van der Waals surface area (Å²) >= 11 is 0. The van der Waals surface area contributed by atoms with Gasteiger partial charge in [0.2, 0.25) is 5.91 Å². The van der Waals surface area contributed by atoms with Crippen molar-refractivity contribution in [3.8, 4) is 11.4 Å². The number of para-hydroxylation sites is 2. The van der Waals surface area contributed by atoms with E-state index in [4.69, 9.17) is 0 Å². The Labute approximate surface area is 157 Å². The number of carbonyl (C=O) groups is 1. The first kappa shape index (κ1) is 17.5. The van der Waals surface area contributed by atoms with E-state index in [2.05, 4.69) is 14.9 Å². The molecule has 1 aliphatic heterocycles. The van der Waals surface area contributed by atoms with E-state index in [1.54, 1.807) is 6.07 Å². The molecule has 6 nitrogen and oxygen atoms in total. The number of aromatic nitrogens is 3. The zero-order chi connectivity index (χ0) is 19.0. The van der Waals surface area contributed by atoms with Crippen LogP contribution in [-0.4, -0.2) is 51.5 Å². The average Bonchev–Trinajstić information content (AvgIpc) is 3.04. The fourth-order valence-corrected chi connectivity index (χ4v) is 3.57. The number of piperazine rings is 1. The molecule has 0 bridgehead atoms. The zero-order valence-corrected chi connectivity index (χ0v) is 15.5. The third kappa shape index (κ3) is 3.13. The highest BCUT2D eigenvalue weighted by molar-refractivity contribution is 5.81. The molecule has 2 aromatic heterocycles. The van der Waals surface area contributed by atoms with E-state index in [-0.39, 0.29) is 5.91 Å². The highest BCUT2D eigenvalue weighted by Gasteiger charge is 2.22. The average molecular weight is 367 g/mol. The zero-order valence-electron chi connectivity index (χ0n) is 15.5. The fraction of sp³-hybridized carbons (Fsp3) is 0.350. The fourth-order valence-electron chi connectivity index (χ4n) is 3.57. The molecule has 3 aromatic rings. The molecule has 4 rings (SSSR count). The molecule has 0 unspecified atom stereocenters. The smallest absolute Gasteiger partial charge is 0.222 e. The number of benzene rings is 1. The third-order valence-electron chi connectivity index (χ3n) is 5.13. The quantitative estimate of drug-likeness (QED) is 0.714. The number of amides is 1. The summed E-state index contributed by atoms with van der Waals surface area (Å²) in [5.74, 6) is 1.07. The van der Waals surface area contributed by atoms with Crippen molar-refractivity contribution in [2.24, 2.45) is 7.05 Å². The summed E-state index contributed by atoms with van der Waals surface area (Å²) in [5.41, 5.74) is 2.22. The van der Waals surface area contributed by atoms with Crippen molar-refractivity contribution in [1.29, 1.82) is 0 Å². The Morgan fingerprint density at radius 2 is 1.93 bits per heavy atom. The van der Waals surface area contributed by atoms with Gasteiger partial charge in [-0.3, -0.25) is 4.79 Å². The first-order chi connectivity index (χ1) is 13.1. The van der Waals surface area contributed by atoms with Gasteiger partial charge in [0, 0.05) is 39.6 Å². The van der Waals surface area contributed by atoms with E-state index < -0.39 is 5.82 Å². The van der Waals surface area contributed by atoms with Crippen molar-refractivity contribution in [1.82, 2.24) is 19.4 Å². The number of halogens is 1. The number of rotatable bonds is 3. The minimum Gasteiger partial charge on any atom is -0.353 e. The van der Waals surface area contributed by atoms with Crippen LogP contribution in [0.3, 0.4) is 0 Å². The van der Waals surface area contributed by atoms with Crippen molar-refractivity contribution in [3.63, 3.8) is 0 Å². The van der Waals surface area contributed by atoms with E-state index >= 15 is 0 Å². The first-order valence-electron chi connectivity index (χ1n) is 9.18. The number of pyridine rings is 1. The number of nitrogens with zero attached hydrogens (tertiary/aromatic N) is 5. The molecule has 140 valence electrons. The van der Waals surface area contributed by atoms with Gasteiger partial charge in [-0.2, -0.15) is 0 Å². The summed E-state index contributed by atoms with van der Waals surface area (Å²) in [6.45, 7) is 4.57. The van der Waals surface area contributed by atoms with Gasteiger partial charge in [-0.25, -0.2) is 14.4 Å². The Morgan fingerprint density at radius 1 is 1.19 bits per heavy atom. The van der Waals surface area contributed by atoms with E-state index in [0.717, 1.165) is 11.0 Å². The standard InChI is InChI=1S/C20H22FN5O/c1-3-19(27)26-10-8-25(9-11-26)18-12-14(15(21)13-22-18)20-23-16-6-4-5-7-17(16)24(20)2/h4-7,12-13H,3,8-11H2,1-2H3. The molecule has 0 saturated carbocycles. The van der Waals surface area contributed by atoms with Gasteiger partial charge in [0.25, 0.3) is 0 Å². The van der Waals surface area contributed by atoms with Crippen LogP contribution in [0.2, 0.25) is 0 Å². The Kier molecular flexibility index (Phi) is 4.51. The number of anilines is 1. The second-order valence-corrected chi connectivity index (χ2v) is 6.73. The van der Waals surface area contributed by atoms with Crippen molar-refractivity contribution in [3.05, 3.63) is 42.3 Å². The maximum Gasteiger partial charge on any atom is 0.222 e. The van der Waals surface area contributed by atoms with Crippen LogP contribution < -0.4 is 4.90 Å². The lowest BCUT2D eigenvalue weighted by atomic mass is 10.2. The summed E-state index contributed by atoms with van der Waals surface area (Å²) in [6, 6.07) is 9.51. The van der Waals surface area contributed by atoms with Crippen LogP contribution in [0, 0.1) is 5.82 Å². The van der Waals surface area contributed by atoms with E-state index in [0.29, 0.717) is 49.8 Å². The van der Waals surface area contributed by atoms with Crippen LogP contribution >= 0.6 is 0 Å². The van der Waals surface area contributed by atoms with Crippen LogP contribution in [0.15, 0.2) is 36.5 Å². The van der Waals surface area contributed by atoms with E-state index in [1.165, 1.54) is 6.20 Å². The molecule has 0 aliphatic carbocycles. The van der Waals surface area contributed by atoms with E-state index in [9.17, 15) is 9.18 Å². The molecule has 1 amide bonds. The Bertz CT molecular complexity index is 991. The summed E-state index contributed by atoms with van der Waals surface area (Å²) in [4.78, 5) is 24.7. The Balaban J connectivity index is 1.64. The molecule has 1 saturated heterocycles. The van der Waals surface area contributed by atoms with Crippen molar-refractivity contribution in [2.75, 3.05) is 31.1 Å². The molecular weight excluding hydrogens is 345 g/mol. The SMILES string of the molecule is CCC(=O)N1CCN(c2cc(-c3nc4ccccc4n3C)c(F)cn2)CC1. The van der Waals surface area contributed by atoms with Gasteiger partial charge >= 0.3 is 0 Å². The van der Waals surface area contributed by atoms with Gasteiger partial charge < -0.3 is 14.4 Å². The van der Waals surface area contributed by atoms with Crippen LogP contribution in [0.25, 0.3) is 22.4 Å². The molecule has 1 aromatic carbocycles. The van der Waals surface area contributed by atoms with Crippen LogP contribution in [0.1, 0.15) is 13.3 Å². The molecule has 1 aliphatic rings. The maximum atomic E-state index is 14.6. The van der Waals surface area contributed by atoms with Crippen molar-refractivity contribution >= 4 is 22.8 Å². The highest BCUT2D eigenvalue weighted by Crippen LogP contribution is 2.28. The number of imidazole rings is 1. The molecule has 0 spiro atoms. The Morgan fingerprint density at radius 3 is 2.63 bits per heavy atom. The second kappa shape index (κ2) is 6.98. The number of carbonyl (C=O) groups excluding carboxylic acids is 1. The van der Waals surface area contributed by atoms with Crippen molar-refractivity contribution < 1.29 is 9.18 Å².